The molecule has 1 aromatic carbocycles. The van der Waals surface area contributed by atoms with Crippen molar-refractivity contribution in [2.45, 2.75) is 39.3 Å². The molecule has 0 aliphatic carbocycles. The van der Waals surface area contributed by atoms with Crippen molar-refractivity contribution < 1.29 is 14.7 Å². The fraction of sp³-hybridized carbons (Fsp3) is 0.538. The molecule has 0 aliphatic rings. The molecule has 4 heteroatoms. The fourth-order valence-electron chi connectivity index (χ4n) is 1.30. The van der Waals surface area contributed by atoms with Gasteiger partial charge in [0.25, 0.3) is 0 Å². The zero-order chi connectivity index (χ0) is 13.1. The first-order valence-electron chi connectivity index (χ1n) is 5.64. The third-order valence-corrected chi connectivity index (χ3v) is 2.25. The topological polar surface area (TPSA) is 50.7 Å². The van der Waals surface area contributed by atoms with Crippen LogP contribution in [-0.4, -0.2) is 17.8 Å². The molecule has 0 spiro atoms. The van der Waals surface area contributed by atoms with E-state index in [0.29, 0.717) is 5.75 Å². The molecule has 0 bridgehead atoms. The van der Waals surface area contributed by atoms with Gasteiger partial charge in [-0.3, -0.25) is 4.84 Å². The zero-order valence-electron chi connectivity index (χ0n) is 11.1. The molecule has 0 saturated heterocycles. The normalized spacial score (nSPS) is 13.5. The lowest BCUT2D eigenvalue weighted by Gasteiger charge is -2.23. The summed E-state index contributed by atoms with van der Waals surface area (Å²) in [5.41, 5.74) is 3.72. The molecule has 17 heavy (non-hydrogen) atoms. The van der Waals surface area contributed by atoms with Crippen molar-refractivity contribution in [2.75, 3.05) is 7.11 Å². The molecule has 4 nitrogen and oxygen atoms in total. The Labute approximate surface area is 103 Å². The Hall–Kier alpha value is -1.26. The minimum atomic E-state index is -0.241. The van der Waals surface area contributed by atoms with Crippen molar-refractivity contribution in [3.63, 3.8) is 0 Å². The van der Waals surface area contributed by atoms with Gasteiger partial charge >= 0.3 is 0 Å². The first kappa shape index (κ1) is 13.8. The highest BCUT2D eigenvalue weighted by Gasteiger charge is 2.14. The maximum absolute atomic E-state index is 9.50. The Bertz CT molecular complexity index is 371. The molecule has 0 heterocycles. The van der Waals surface area contributed by atoms with Crippen LogP contribution in [0.1, 0.15) is 39.3 Å². The highest BCUT2D eigenvalue weighted by Crippen LogP contribution is 2.28. The molecule has 0 radical (unpaired) electrons. The van der Waals surface area contributed by atoms with Gasteiger partial charge in [0.15, 0.2) is 11.5 Å². The van der Waals surface area contributed by atoms with Crippen molar-refractivity contribution >= 4 is 0 Å². The number of aromatic hydroxyl groups is 1. The van der Waals surface area contributed by atoms with Gasteiger partial charge in [-0.2, -0.15) is 5.48 Å². The van der Waals surface area contributed by atoms with E-state index < -0.39 is 0 Å². The highest BCUT2D eigenvalue weighted by molar-refractivity contribution is 5.42. The second kappa shape index (κ2) is 5.38. The summed E-state index contributed by atoms with van der Waals surface area (Å²) < 4.78 is 5.06. The number of hydroxylamine groups is 1. The molecule has 0 aromatic heterocycles. The van der Waals surface area contributed by atoms with E-state index in [2.05, 4.69) is 5.48 Å². The molecule has 1 unspecified atom stereocenters. The lowest BCUT2D eigenvalue weighted by Crippen LogP contribution is -2.30. The summed E-state index contributed by atoms with van der Waals surface area (Å²) in [6.07, 6.45) is 0. The van der Waals surface area contributed by atoms with E-state index in [1.807, 2.05) is 33.8 Å². The van der Waals surface area contributed by atoms with Crippen molar-refractivity contribution in [1.29, 1.82) is 0 Å². The number of nitrogens with one attached hydrogen (secondary N) is 1. The molecule has 0 aliphatic heterocycles. The number of ether oxygens (including phenoxy) is 1. The maximum atomic E-state index is 9.50. The van der Waals surface area contributed by atoms with Crippen molar-refractivity contribution in [2.24, 2.45) is 0 Å². The van der Waals surface area contributed by atoms with E-state index in [0.717, 1.165) is 5.56 Å². The van der Waals surface area contributed by atoms with Crippen LogP contribution < -0.4 is 10.2 Å². The summed E-state index contributed by atoms with van der Waals surface area (Å²) in [5, 5.41) is 9.50. The maximum Gasteiger partial charge on any atom is 0.160 e. The predicted octanol–water partition coefficient (Wildman–Crippen LogP) is 2.78. The number of rotatable bonds is 4. The standard InChI is InChI=1S/C13H21NO3/c1-9(14-17-13(2,3)4)10-6-7-11(15)12(8-10)16-5/h6-9,14-15H,1-5H3. The third-order valence-electron chi connectivity index (χ3n) is 2.25. The molecular weight excluding hydrogens is 218 g/mol. The van der Waals surface area contributed by atoms with Crippen LogP contribution in [0.5, 0.6) is 11.5 Å². The van der Waals surface area contributed by atoms with Crippen molar-refractivity contribution in [3.8, 4) is 11.5 Å². The van der Waals surface area contributed by atoms with Crippen LogP contribution in [0.3, 0.4) is 0 Å². The lowest BCUT2D eigenvalue weighted by atomic mass is 10.1. The molecule has 0 fully saturated rings. The number of benzene rings is 1. The Morgan fingerprint density at radius 3 is 2.47 bits per heavy atom. The summed E-state index contributed by atoms with van der Waals surface area (Å²) >= 11 is 0. The van der Waals surface area contributed by atoms with Crippen LogP contribution in [0.25, 0.3) is 0 Å². The summed E-state index contributed by atoms with van der Waals surface area (Å²) in [6.45, 7) is 7.91. The van der Waals surface area contributed by atoms with Gasteiger partial charge in [0.2, 0.25) is 0 Å². The predicted molar refractivity (Wildman–Crippen MR) is 67.0 cm³/mol. The molecule has 0 saturated carbocycles. The van der Waals surface area contributed by atoms with Gasteiger partial charge in [-0.25, -0.2) is 0 Å². The Kier molecular flexibility index (Phi) is 4.37. The second-order valence-corrected chi connectivity index (χ2v) is 4.99. The van der Waals surface area contributed by atoms with Crippen LogP contribution in [-0.2, 0) is 4.84 Å². The first-order valence-corrected chi connectivity index (χ1v) is 5.64. The van der Waals surface area contributed by atoms with E-state index in [-0.39, 0.29) is 17.4 Å². The highest BCUT2D eigenvalue weighted by atomic mass is 16.7. The smallest absolute Gasteiger partial charge is 0.160 e. The van der Waals surface area contributed by atoms with Crippen molar-refractivity contribution in [3.05, 3.63) is 23.8 Å². The monoisotopic (exact) mass is 239 g/mol. The average Bonchev–Trinajstić information content (AvgIpc) is 2.25. The largest absolute Gasteiger partial charge is 0.504 e. The molecule has 1 aromatic rings. The first-order chi connectivity index (χ1) is 7.83. The minimum absolute atomic E-state index is 0.0173. The van der Waals surface area contributed by atoms with E-state index in [1.54, 1.807) is 12.1 Å². The van der Waals surface area contributed by atoms with E-state index in [9.17, 15) is 5.11 Å². The van der Waals surface area contributed by atoms with Crippen LogP contribution in [0.2, 0.25) is 0 Å². The SMILES string of the molecule is COc1cc(C(C)NOC(C)(C)C)ccc1O. The van der Waals surface area contributed by atoms with E-state index >= 15 is 0 Å². The average molecular weight is 239 g/mol. The number of methoxy groups -OCH3 is 1. The number of hydrogen-bond donors (Lipinski definition) is 2. The van der Waals surface area contributed by atoms with Gasteiger partial charge in [0.05, 0.1) is 18.8 Å². The fourth-order valence-corrected chi connectivity index (χ4v) is 1.30. The van der Waals surface area contributed by atoms with E-state index in [1.165, 1.54) is 7.11 Å². The molecular formula is C13H21NO3. The van der Waals surface area contributed by atoms with Crippen LogP contribution in [0.15, 0.2) is 18.2 Å². The second-order valence-electron chi connectivity index (χ2n) is 4.99. The Balaban J connectivity index is 2.72. The molecule has 0 amide bonds. The van der Waals surface area contributed by atoms with Crippen molar-refractivity contribution in [1.82, 2.24) is 5.48 Å². The van der Waals surface area contributed by atoms with Crippen LogP contribution in [0.4, 0.5) is 0 Å². The Morgan fingerprint density at radius 1 is 1.29 bits per heavy atom. The molecule has 96 valence electrons. The van der Waals surface area contributed by atoms with Gasteiger partial charge in [-0.1, -0.05) is 6.07 Å². The minimum Gasteiger partial charge on any atom is -0.504 e. The zero-order valence-corrected chi connectivity index (χ0v) is 11.1. The number of hydrogen-bond acceptors (Lipinski definition) is 4. The Morgan fingerprint density at radius 2 is 1.94 bits per heavy atom. The quantitative estimate of drug-likeness (QED) is 0.793. The van der Waals surface area contributed by atoms with Crippen LogP contribution in [0, 0.1) is 0 Å². The van der Waals surface area contributed by atoms with E-state index in [4.69, 9.17) is 9.57 Å². The lowest BCUT2D eigenvalue weighted by molar-refractivity contribution is -0.0866. The van der Waals surface area contributed by atoms with Gasteiger partial charge in [-0.15, -0.1) is 0 Å². The molecule has 1 atom stereocenters. The summed E-state index contributed by atoms with van der Waals surface area (Å²) in [4.78, 5) is 5.50. The van der Waals surface area contributed by atoms with Gasteiger partial charge in [0, 0.05) is 0 Å². The number of phenols is 1. The molecule has 2 N–H and O–H groups in total. The molecule has 1 rings (SSSR count). The van der Waals surface area contributed by atoms with Gasteiger partial charge < -0.3 is 9.84 Å². The summed E-state index contributed by atoms with van der Waals surface area (Å²) in [5.74, 6) is 0.604. The number of phenolic OH excluding ortho intramolecular Hbond substituents is 1. The summed E-state index contributed by atoms with van der Waals surface area (Å²) in [6, 6.07) is 5.26. The van der Waals surface area contributed by atoms with Gasteiger partial charge in [-0.05, 0) is 45.4 Å². The third kappa shape index (κ3) is 4.24. The van der Waals surface area contributed by atoms with Gasteiger partial charge in [0.1, 0.15) is 0 Å². The summed E-state index contributed by atoms with van der Waals surface area (Å²) in [7, 11) is 1.53. The van der Waals surface area contributed by atoms with Crippen LogP contribution >= 0.6 is 0 Å².